The Balaban J connectivity index is 1.40. The van der Waals surface area contributed by atoms with E-state index in [1.165, 1.54) is 0 Å². The second kappa shape index (κ2) is 14.4. The standard InChI is InChI=1S/C35H44BrN3O7/c36-25-21-35-29-28(30(25)46-35)32(42)37-26(23-13-5-1-6-14-23)22-45-27(41)17-9-3-10-18-38(24-15-7-2-8-16-24)34(44)31(35)39(33(29)43)19-11-4-12-20-40/h1,3,5-6,10,13-14,21,24,26,28-31,40H,2,4,7-9,11-12,15-20,22H2,(H,37,42)/b10-3-/t26-,28-,29+,30-,31-,35+/m0/s1. The molecule has 1 saturated carbocycles. The predicted molar refractivity (Wildman–Crippen MR) is 173 cm³/mol. The summed E-state index contributed by atoms with van der Waals surface area (Å²) in [7, 11) is 0. The van der Waals surface area contributed by atoms with Crippen molar-refractivity contribution in [1.29, 1.82) is 0 Å². The average molecular weight is 699 g/mol. The molecular formula is C35H44BrN3O7. The molecule has 11 heteroatoms. The van der Waals surface area contributed by atoms with Crippen LogP contribution in [0.15, 0.2) is 53.0 Å². The summed E-state index contributed by atoms with van der Waals surface area (Å²) >= 11 is 3.64. The van der Waals surface area contributed by atoms with E-state index in [1.807, 2.05) is 53.5 Å². The van der Waals surface area contributed by atoms with E-state index >= 15 is 0 Å². The Morgan fingerprint density at radius 2 is 1.76 bits per heavy atom. The number of aliphatic hydroxyl groups excluding tert-OH is 1. The molecular weight excluding hydrogens is 654 g/mol. The third kappa shape index (κ3) is 6.30. The molecule has 4 aliphatic heterocycles. The van der Waals surface area contributed by atoms with Gasteiger partial charge in [0, 0.05) is 36.6 Å². The molecule has 1 aromatic rings. The topological polar surface area (TPSA) is 125 Å². The van der Waals surface area contributed by atoms with Crippen molar-refractivity contribution in [2.75, 3.05) is 26.3 Å². The van der Waals surface area contributed by atoms with Gasteiger partial charge in [0.2, 0.25) is 17.7 Å². The first kappa shape index (κ1) is 32.9. The van der Waals surface area contributed by atoms with E-state index in [-0.39, 0.29) is 49.4 Å². The van der Waals surface area contributed by atoms with Gasteiger partial charge in [0.05, 0.1) is 17.9 Å². The Morgan fingerprint density at radius 3 is 2.52 bits per heavy atom. The van der Waals surface area contributed by atoms with Gasteiger partial charge in [-0.3, -0.25) is 19.2 Å². The zero-order chi connectivity index (χ0) is 32.3. The summed E-state index contributed by atoms with van der Waals surface area (Å²) in [5, 5.41) is 12.4. The number of esters is 1. The van der Waals surface area contributed by atoms with Crippen molar-refractivity contribution < 1.29 is 33.8 Å². The maximum atomic E-state index is 14.9. The number of halogens is 1. The predicted octanol–water partition coefficient (Wildman–Crippen LogP) is 3.93. The molecule has 2 saturated heterocycles. The molecule has 4 heterocycles. The van der Waals surface area contributed by atoms with E-state index in [9.17, 15) is 24.3 Å². The number of hydrogen-bond donors (Lipinski definition) is 2. The highest BCUT2D eigenvalue weighted by Crippen LogP contribution is 2.58. The number of amides is 3. The summed E-state index contributed by atoms with van der Waals surface area (Å²) < 4.78 is 13.0. The minimum atomic E-state index is -1.30. The molecule has 3 fully saturated rings. The maximum absolute atomic E-state index is 14.9. The lowest BCUT2D eigenvalue weighted by Gasteiger charge is -2.40. The molecule has 3 amide bonds. The Kier molecular flexibility index (Phi) is 10.3. The number of rotatable bonds is 7. The number of unbranched alkanes of at least 4 members (excludes halogenated alkanes) is 2. The summed E-state index contributed by atoms with van der Waals surface area (Å²) in [5.41, 5.74) is -0.523. The molecule has 0 unspecified atom stereocenters. The molecule has 46 heavy (non-hydrogen) atoms. The Morgan fingerprint density at radius 1 is 0.978 bits per heavy atom. The van der Waals surface area contributed by atoms with Crippen LogP contribution in [0.5, 0.6) is 0 Å². The van der Waals surface area contributed by atoms with Gasteiger partial charge in [0.25, 0.3) is 0 Å². The zero-order valence-corrected chi connectivity index (χ0v) is 27.7. The lowest BCUT2D eigenvalue weighted by atomic mass is 9.73. The number of aliphatic hydroxyl groups is 1. The maximum Gasteiger partial charge on any atom is 0.306 e. The van der Waals surface area contributed by atoms with Crippen molar-refractivity contribution in [1.82, 2.24) is 15.1 Å². The van der Waals surface area contributed by atoms with Gasteiger partial charge >= 0.3 is 5.97 Å². The van der Waals surface area contributed by atoms with Gasteiger partial charge in [0.15, 0.2) is 0 Å². The smallest absolute Gasteiger partial charge is 0.306 e. The number of ether oxygens (including phenoxy) is 2. The third-order valence-electron chi connectivity index (χ3n) is 10.2. The number of nitrogens with zero attached hydrogens (tertiary/aromatic N) is 2. The number of benzene rings is 1. The van der Waals surface area contributed by atoms with Crippen LogP contribution in [0.25, 0.3) is 0 Å². The number of likely N-dealkylation sites (tertiary alicyclic amines) is 1. The van der Waals surface area contributed by atoms with E-state index in [0.717, 1.165) is 37.7 Å². The van der Waals surface area contributed by atoms with E-state index in [4.69, 9.17) is 9.47 Å². The van der Waals surface area contributed by atoms with Crippen molar-refractivity contribution in [3.63, 3.8) is 0 Å². The number of allylic oxidation sites excluding steroid dienone is 1. The molecule has 248 valence electrons. The zero-order valence-electron chi connectivity index (χ0n) is 26.2. The molecule has 10 nitrogen and oxygen atoms in total. The Bertz CT molecular complexity index is 1360. The van der Waals surface area contributed by atoms with Crippen LogP contribution in [0.2, 0.25) is 0 Å². The molecule has 6 rings (SSSR count). The summed E-state index contributed by atoms with van der Waals surface area (Å²) in [5.74, 6) is -2.95. The largest absolute Gasteiger partial charge is 0.463 e. The molecule has 1 spiro atoms. The molecule has 1 aliphatic carbocycles. The Labute approximate surface area is 278 Å². The molecule has 1 aromatic carbocycles. The highest BCUT2D eigenvalue weighted by molar-refractivity contribution is 9.11. The second-order valence-corrected chi connectivity index (χ2v) is 14.0. The molecule has 5 bridgehead atoms. The molecule has 0 aromatic heterocycles. The van der Waals surface area contributed by atoms with Crippen LogP contribution in [0, 0.1) is 11.8 Å². The van der Waals surface area contributed by atoms with Crippen LogP contribution >= 0.6 is 15.9 Å². The monoisotopic (exact) mass is 697 g/mol. The molecule has 6 atom stereocenters. The second-order valence-electron chi connectivity index (χ2n) is 13.1. The van der Waals surface area contributed by atoms with Crippen LogP contribution in [-0.2, 0) is 28.7 Å². The van der Waals surface area contributed by atoms with Crippen LogP contribution in [0.1, 0.15) is 75.8 Å². The first-order valence-corrected chi connectivity index (χ1v) is 17.6. The molecule has 0 radical (unpaired) electrons. The lowest BCUT2D eigenvalue weighted by molar-refractivity contribution is -0.149. The average Bonchev–Trinajstić information content (AvgIpc) is 3.66. The van der Waals surface area contributed by atoms with Crippen LogP contribution in [-0.4, -0.2) is 88.7 Å². The van der Waals surface area contributed by atoms with Gasteiger partial charge < -0.3 is 29.7 Å². The van der Waals surface area contributed by atoms with Crippen molar-refractivity contribution in [2.24, 2.45) is 11.8 Å². The fourth-order valence-corrected chi connectivity index (χ4v) is 8.74. The summed E-state index contributed by atoms with van der Waals surface area (Å²) in [6.45, 7) is 0.699. The van der Waals surface area contributed by atoms with Gasteiger partial charge in [-0.1, -0.05) is 77.7 Å². The number of nitrogens with one attached hydrogen (secondary N) is 1. The number of carbonyl (C=O) groups excluding carboxylic acids is 4. The van der Waals surface area contributed by atoms with E-state index in [1.54, 1.807) is 4.90 Å². The number of hydrogen-bond acceptors (Lipinski definition) is 7. The minimum absolute atomic E-state index is 0.0245. The normalized spacial score (nSPS) is 33.1. The van der Waals surface area contributed by atoms with Gasteiger partial charge in [-0.25, -0.2) is 0 Å². The van der Waals surface area contributed by atoms with E-state index in [2.05, 4.69) is 21.2 Å². The molecule has 5 aliphatic rings. The van der Waals surface area contributed by atoms with Gasteiger partial charge in [-0.15, -0.1) is 0 Å². The highest BCUT2D eigenvalue weighted by atomic mass is 79.9. The van der Waals surface area contributed by atoms with Gasteiger partial charge in [-0.05, 0) is 50.2 Å². The molecule has 2 N–H and O–H groups in total. The van der Waals surface area contributed by atoms with E-state index in [0.29, 0.717) is 43.3 Å². The summed E-state index contributed by atoms with van der Waals surface area (Å²) in [6, 6.07) is 7.78. The third-order valence-corrected chi connectivity index (χ3v) is 10.9. The first-order valence-electron chi connectivity index (χ1n) is 16.8. The van der Waals surface area contributed by atoms with Crippen LogP contribution < -0.4 is 5.32 Å². The number of cyclic esters (lactones) is 1. The van der Waals surface area contributed by atoms with Crippen LogP contribution in [0.4, 0.5) is 0 Å². The summed E-state index contributed by atoms with van der Waals surface area (Å²) in [4.78, 5) is 59.9. The number of fused-ring (bicyclic) bond motifs is 2. The first-order chi connectivity index (χ1) is 22.4. The quantitative estimate of drug-likeness (QED) is 0.251. The van der Waals surface area contributed by atoms with Crippen molar-refractivity contribution in [3.05, 3.63) is 58.6 Å². The lowest BCUT2D eigenvalue weighted by Crippen LogP contribution is -2.58. The van der Waals surface area contributed by atoms with Crippen molar-refractivity contribution >= 4 is 39.6 Å². The fraction of sp³-hybridized carbons (Fsp3) is 0.600. The van der Waals surface area contributed by atoms with Crippen LogP contribution in [0.3, 0.4) is 0 Å². The van der Waals surface area contributed by atoms with Crippen molar-refractivity contribution in [3.8, 4) is 0 Å². The minimum Gasteiger partial charge on any atom is -0.463 e. The van der Waals surface area contributed by atoms with Gasteiger partial charge in [0.1, 0.15) is 24.4 Å². The SMILES string of the molecule is O=C1CC/C=C\CN(C2CCCCC2)C(=O)[C@@H]2N(CCCCCO)C(=O)[C@H]3[C@H](C(=O)N[C@H](c4ccccc4)CO1)[C@H]1O[C@@]23C=C1Br. The highest BCUT2D eigenvalue weighted by Gasteiger charge is 2.74. The number of carbonyl (C=O) groups is 4. The summed E-state index contributed by atoms with van der Waals surface area (Å²) in [6.07, 6.45) is 12.5. The fourth-order valence-electron chi connectivity index (χ4n) is 8.00. The van der Waals surface area contributed by atoms with Gasteiger partial charge in [-0.2, -0.15) is 0 Å². The van der Waals surface area contributed by atoms with E-state index < -0.39 is 35.6 Å². The van der Waals surface area contributed by atoms with Crippen molar-refractivity contribution in [2.45, 2.75) is 94.0 Å². The Hall–Kier alpha value is -3.02.